The van der Waals surface area contributed by atoms with Gasteiger partial charge in [-0.05, 0) is 154 Å². The number of methoxy groups -OCH3 is 1. The number of para-hydroxylation sites is 4. The summed E-state index contributed by atoms with van der Waals surface area (Å²) in [6.07, 6.45) is 0. The minimum absolute atomic E-state index is 0.102. The van der Waals surface area contributed by atoms with Crippen LogP contribution in [0.3, 0.4) is 0 Å². The Morgan fingerprint density at radius 1 is 0.284 bits per heavy atom. The quantitative estimate of drug-likeness (QED) is 0.0817. The number of non-ortho nitro benzene ring substituents is 2. The predicted octanol–water partition coefficient (Wildman–Crippen LogP) is 18.0. The molecular formula is C69H71N7O5. The number of hydrogen-bond acceptors (Lipinski definition) is 10. The molecule has 0 saturated carbocycles. The van der Waals surface area contributed by atoms with Crippen molar-refractivity contribution in [2.75, 3.05) is 66.8 Å². The molecule has 0 N–H and O–H groups in total. The first-order valence-corrected chi connectivity index (χ1v) is 26.3. The second-order valence-electron chi connectivity index (χ2n) is 18.9. The van der Waals surface area contributed by atoms with Crippen LogP contribution in [0.4, 0.5) is 68.2 Å². The van der Waals surface area contributed by atoms with Crippen LogP contribution in [-0.2, 0) is 0 Å². The molecule has 412 valence electrons. The van der Waals surface area contributed by atoms with E-state index in [2.05, 4.69) is 166 Å². The van der Waals surface area contributed by atoms with Crippen LogP contribution >= 0.6 is 0 Å². The zero-order valence-electron chi connectivity index (χ0n) is 47.6. The lowest BCUT2D eigenvalue weighted by atomic mass is 10.2. The summed E-state index contributed by atoms with van der Waals surface area (Å²) in [6.45, 7) is 6.33. The Bertz CT molecular complexity index is 3400. The molecule has 0 radical (unpaired) electrons. The molecule has 0 aliphatic heterocycles. The normalized spacial score (nSPS) is 9.99. The van der Waals surface area contributed by atoms with Gasteiger partial charge in [-0.3, -0.25) is 20.2 Å². The molecule has 12 nitrogen and oxygen atoms in total. The van der Waals surface area contributed by atoms with Crippen molar-refractivity contribution in [3.63, 3.8) is 0 Å². The molecule has 0 heterocycles. The largest absolute Gasteiger partial charge is 0.497 e. The lowest BCUT2D eigenvalue weighted by molar-refractivity contribution is -0.385. The van der Waals surface area contributed by atoms with Crippen molar-refractivity contribution in [2.45, 2.75) is 20.8 Å². The molecule has 12 heteroatoms. The Labute approximate surface area is 477 Å². The predicted molar refractivity (Wildman–Crippen MR) is 339 cm³/mol. The van der Waals surface area contributed by atoms with Gasteiger partial charge in [-0.1, -0.05) is 126 Å². The summed E-state index contributed by atoms with van der Waals surface area (Å²) >= 11 is 0. The van der Waals surface area contributed by atoms with Crippen LogP contribution in [0.2, 0.25) is 0 Å². The lowest BCUT2D eigenvalue weighted by Crippen LogP contribution is -2.09. The maximum atomic E-state index is 10.7. The zero-order valence-corrected chi connectivity index (χ0v) is 47.6. The Kier molecular flexibility index (Phi) is 22.7. The van der Waals surface area contributed by atoms with Crippen molar-refractivity contribution in [3.05, 3.63) is 304 Å². The summed E-state index contributed by atoms with van der Waals surface area (Å²) in [5.74, 6) is 0.880. The van der Waals surface area contributed by atoms with Crippen LogP contribution < -0.4 is 29.2 Å². The second-order valence-corrected chi connectivity index (χ2v) is 18.9. The minimum Gasteiger partial charge on any atom is -0.497 e. The average molecular weight is 1080 g/mol. The zero-order chi connectivity index (χ0) is 58.1. The standard InChI is InChI=1S/C15H17N.C14H15NO.C14H15N.2C13H12N2O2/c1-12-4-8-14(9-5-12)16(3)15-10-6-13(2)7-11-15;1-15(12-6-4-3-5-7-12)13-8-10-14(16-2)11-9-13;1-12-7-6-10-14(11-12)15(2)13-8-4-3-5-9-13;1-14(11-6-3-2-4-7-11)12-8-5-9-13(10-12)15(16)17;1-14(11-5-3-2-4-6-11)12-7-9-13(10-8-12)15(16)17/h4-11H,1-3H3;3-11H,1-2H3;3-11H,1-2H3;2*2-10H,1H3. The molecule has 0 fully saturated rings. The molecule has 0 amide bonds. The maximum absolute atomic E-state index is 10.7. The number of ether oxygens (including phenoxy) is 1. The van der Waals surface area contributed by atoms with Gasteiger partial charge in [-0.2, -0.15) is 0 Å². The first-order valence-electron chi connectivity index (χ1n) is 26.3. The topological polar surface area (TPSA) is 112 Å². The number of aryl methyl sites for hydroxylation is 3. The van der Waals surface area contributed by atoms with Crippen LogP contribution in [-0.4, -0.2) is 52.2 Å². The van der Waals surface area contributed by atoms with E-state index in [9.17, 15) is 20.2 Å². The van der Waals surface area contributed by atoms with Gasteiger partial charge in [0, 0.05) is 116 Å². The molecule has 10 rings (SSSR count). The molecule has 0 unspecified atom stereocenters. The molecular weight excluding hydrogens is 1010 g/mol. The Hall–Kier alpha value is -10.2. The summed E-state index contributed by atoms with van der Waals surface area (Å²) in [5.41, 5.74) is 15.0. The highest BCUT2D eigenvalue weighted by molar-refractivity contribution is 5.67. The molecule has 0 aliphatic rings. The molecule has 10 aromatic carbocycles. The lowest BCUT2D eigenvalue weighted by Gasteiger charge is -2.19. The van der Waals surface area contributed by atoms with E-state index in [1.54, 1.807) is 31.4 Å². The van der Waals surface area contributed by atoms with Gasteiger partial charge in [-0.15, -0.1) is 0 Å². The third kappa shape index (κ3) is 18.5. The van der Waals surface area contributed by atoms with Crippen molar-refractivity contribution in [3.8, 4) is 5.75 Å². The number of nitro groups is 2. The van der Waals surface area contributed by atoms with Gasteiger partial charge in [0.2, 0.25) is 0 Å². The smallest absolute Gasteiger partial charge is 0.271 e. The van der Waals surface area contributed by atoms with Crippen LogP contribution in [0.15, 0.2) is 267 Å². The highest BCUT2D eigenvalue weighted by atomic mass is 16.6. The number of nitrogens with zero attached hydrogens (tertiary/aromatic N) is 7. The Balaban J connectivity index is 0.000000163. The van der Waals surface area contributed by atoms with E-state index >= 15 is 0 Å². The van der Waals surface area contributed by atoms with Gasteiger partial charge in [-0.25, -0.2) is 0 Å². The van der Waals surface area contributed by atoms with E-state index in [0.717, 1.165) is 34.2 Å². The fourth-order valence-corrected chi connectivity index (χ4v) is 8.14. The summed E-state index contributed by atoms with van der Waals surface area (Å²) in [7, 11) is 11.7. The second kappa shape index (κ2) is 30.7. The highest BCUT2D eigenvalue weighted by Gasteiger charge is 2.11. The maximum Gasteiger partial charge on any atom is 0.271 e. The van der Waals surface area contributed by atoms with Gasteiger partial charge in [0.15, 0.2) is 0 Å². The van der Waals surface area contributed by atoms with E-state index in [4.69, 9.17) is 4.74 Å². The van der Waals surface area contributed by atoms with E-state index < -0.39 is 4.92 Å². The van der Waals surface area contributed by atoms with Crippen LogP contribution in [0.5, 0.6) is 5.75 Å². The first kappa shape index (κ1) is 60.0. The number of rotatable bonds is 13. The molecule has 0 saturated heterocycles. The Morgan fingerprint density at radius 3 is 0.877 bits per heavy atom. The summed E-state index contributed by atoms with van der Waals surface area (Å²) in [6, 6.07) is 87.0. The number of hydrogen-bond donors (Lipinski definition) is 0. The van der Waals surface area contributed by atoms with Crippen LogP contribution in [0.1, 0.15) is 16.7 Å². The molecule has 0 aliphatic carbocycles. The van der Waals surface area contributed by atoms with Crippen molar-refractivity contribution < 1.29 is 14.6 Å². The van der Waals surface area contributed by atoms with Crippen molar-refractivity contribution in [1.82, 2.24) is 0 Å². The average Bonchev–Trinajstić information content (AvgIpc) is 3.52. The van der Waals surface area contributed by atoms with Gasteiger partial charge < -0.3 is 29.2 Å². The molecule has 0 aromatic heterocycles. The minimum atomic E-state index is -0.397. The van der Waals surface area contributed by atoms with Crippen molar-refractivity contribution in [2.24, 2.45) is 0 Å². The fraction of sp³-hybridized carbons (Fsp3) is 0.130. The van der Waals surface area contributed by atoms with Gasteiger partial charge in [0.05, 0.1) is 17.0 Å². The first-order chi connectivity index (χ1) is 39.1. The third-order valence-electron chi connectivity index (χ3n) is 13.1. The van der Waals surface area contributed by atoms with Gasteiger partial charge in [0.1, 0.15) is 5.75 Å². The van der Waals surface area contributed by atoms with E-state index in [-0.39, 0.29) is 16.3 Å². The fourth-order valence-electron chi connectivity index (χ4n) is 8.14. The van der Waals surface area contributed by atoms with Gasteiger partial charge in [0.25, 0.3) is 11.4 Å². The van der Waals surface area contributed by atoms with E-state index in [1.807, 2.05) is 139 Å². The van der Waals surface area contributed by atoms with Crippen LogP contribution in [0.25, 0.3) is 0 Å². The van der Waals surface area contributed by atoms with Crippen LogP contribution in [0, 0.1) is 41.0 Å². The molecule has 10 aromatic rings. The number of benzene rings is 10. The Morgan fingerprint density at radius 2 is 0.556 bits per heavy atom. The molecule has 0 atom stereocenters. The number of anilines is 10. The monoisotopic (exact) mass is 1080 g/mol. The summed E-state index contributed by atoms with van der Waals surface area (Å²) in [4.78, 5) is 30.9. The van der Waals surface area contributed by atoms with Gasteiger partial charge >= 0.3 is 0 Å². The van der Waals surface area contributed by atoms with Crippen molar-refractivity contribution >= 4 is 68.2 Å². The highest BCUT2D eigenvalue weighted by Crippen LogP contribution is 2.29. The van der Waals surface area contributed by atoms with Crippen molar-refractivity contribution in [1.29, 1.82) is 0 Å². The summed E-state index contributed by atoms with van der Waals surface area (Å²) < 4.78 is 5.14. The molecule has 81 heavy (non-hydrogen) atoms. The SMILES string of the molecule is CN(c1ccccc1)c1ccc([N+](=O)[O-])cc1.CN(c1ccccc1)c1cccc([N+](=O)[O-])c1.COc1ccc(N(C)c2ccccc2)cc1.Cc1ccc(N(C)c2ccc(C)cc2)cc1.Cc1cccc(N(C)c2ccccc2)c1. The number of nitro benzene ring substituents is 2. The molecule has 0 spiro atoms. The summed E-state index contributed by atoms with van der Waals surface area (Å²) in [5, 5.41) is 21.2. The third-order valence-corrected chi connectivity index (χ3v) is 13.1. The van der Waals surface area contributed by atoms with E-state index in [0.29, 0.717) is 0 Å². The van der Waals surface area contributed by atoms with E-state index in [1.165, 1.54) is 63.3 Å². The molecule has 0 bridgehead atoms.